The number of piperidine rings is 1. The van der Waals surface area contributed by atoms with Crippen molar-refractivity contribution >= 4 is 11.6 Å². The molecular formula is C24H38N4O2. The number of likely N-dealkylation sites (tertiary alicyclic amines) is 1. The molecule has 6 nitrogen and oxygen atoms in total. The van der Waals surface area contributed by atoms with Gasteiger partial charge in [-0.2, -0.15) is 0 Å². The van der Waals surface area contributed by atoms with Gasteiger partial charge in [-0.05, 0) is 64.8 Å². The molecule has 0 amide bonds. The topological polar surface area (TPSA) is 63.3 Å². The molecule has 1 aliphatic heterocycles. The molecule has 1 aliphatic rings. The molecule has 166 valence electrons. The summed E-state index contributed by atoms with van der Waals surface area (Å²) in [6, 6.07) is 8.19. The van der Waals surface area contributed by atoms with Crippen molar-refractivity contribution in [1.29, 1.82) is 0 Å². The number of aliphatic imine (C=N–C) groups is 1. The third-order valence-corrected chi connectivity index (χ3v) is 4.93. The molecule has 6 heteroatoms. The second kappa shape index (κ2) is 11.1. The summed E-state index contributed by atoms with van der Waals surface area (Å²) in [6.07, 6.45) is 5.15. The van der Waals surface area contributed by atoms with Crippen LogP contribution in [0.1, 0.15) is 33.6 Å². The van der Waals surface area contributed by atoms with Crippen molar-refractivity contribution in [2.24, 2.45) is 16.6 Å². The minimum absolute atomic E-state index is 0.336. The summed E-state index contributed by atoms with van der Waals surface area (Å²) in [5, 5.41) is 0. The number of nitrogens with zero attached hydrogens (tertiary/aromatic N) is 3. The van der Waals surface area contributed by atoms with Gasteiger partial charge in [-0.1, -0.05) is 18.7 Å². The van der Waals surface area contributed by atoms with Gasteiger partial charge in [0.15, 0.2) is 0 Å². The zero-order chi connectivity index (χ0) is 22.1. The van der Waals surface area contributed by atoms with Crippen LogP contribution in [0.2, 0.25) is 0 Å². The molecule has 0 spiro atoms. The van der Waals surface area contributed by atoms with Crippen molar-refractivity contribution < 1.29 is 9.47 Å². The number of rotatable bonds is 8. The third kappa shape index (κ3) is 7.75. The molecule has 0 radical (unpaired) electrons. The van der Waals surface area contributed by atoms with Crippen molar-refractivity contribution in [2.75, 3.05) is 45.2 Å². The Balaban J connectivity index is 1.84. The minimum Gasteiger partial charge on any atom is -0.491 e. The molecule has 1 heterocycles. The van der Waals surface area contributed by atoms with E-state index in [2.05, 4.69) is 27.4 Å². The second-order valence-electron chi connectivity index (χ2n) is 8.99. The van der Waals surface area contributed by atoms with Gasteiger partial charge in [0.25, 0.3) is 0 Å². The van der Waals surface area contributed by atoms with Gasteiger partial charge in [0.1, 0.15) is 11.4 Å². The summed E-state index contributed by atoms with van der Waals surface area (Å²) < 4.78 is 12.1. The summed E-state index contributed by atoms with van der Waals surface area (Å²) in [5.41, 5.74) is 7.09. The van der Waals surface area contributed by atoms with Crippen LogP contribution in [0.5, 0.6) is 5.75 Å². The Morgan fingerprint density at radius 1 is 1.27 bits per heavy atom. The van der Waals surface area contributed by atoms with E-state index in [4.69, 9.17) is 15.2 Å². The van der Waals surface area contributed by atoms with E-state index in [-0.39, 0.29) is 5.60 Å². The maximum atomic E-state index is 6.16. The number of benzene rings is 1. The van der Waals surface area contributed by atoms with Crippen LogP contribution in [0.15, 0.2) is 53.8 Å². The van der Waals surface area contributed by atoms with Crippen LogP contribution in [0.3, 0.4) is 0 Å². The fourth-order valence-electron chi connectivity index (χ4n) is 3.40. The predicted molar refractivity (Wildman–Crippen MR) is 126 cm³/mol. The zero-order valence-corrected chi connectivity index (χ0v) is 19.2. The molecule has 0 atom stereocenters. The molecule has 1 fully saturated rings. The molecule has 0 saturated carbocycles. The molecule has 0 unspecified atom stereocenters. The Labute approximate surface area is 182 Å². The standard InChI is InChI=1S/C24H38N4O2/c1-19(23(26-14-13-25)30-24(2,3)4)17-28-15-11-20(12-16-28)18-29-22-10-8-7-9-21(22)27(5)6/h7-10,13-14,20H,1,11-12,15-18,25H2,2-6H3/b14-13-,26-23+. The minimum atomic E-state index is -0.336. The Kier molecular flexibility index (Phi) is 8.78. The molecule has 1 saturated heterocycles. The largest absolute Gasteiger partial charge is 0.491 e. The smallest absolute Gasteiger partial charge is 0.217 e. The highest BCUT2D eigenvalue weighted by Crippen LogP contribution is 2.28. The SMILES string of the molecule is C=C(CN1CCC(COc2ccccc2N(C)C)CC1)/C(=N\C=C/N)OC(C)(C)C. The summed E-state index contributed by atoms with van der Waals surface area (Å²) in [7, 11) is 4.08. The number of para-hydroxylation sites is 2. The second-order valence-corrected chi connectivity index (χ2v) is 8.99. The lowest BCUT2D eigenvalue weighted by Gasteiger charge is -2.33. The fraction of sp³-hybridized carbons (Fsp3) is 0.542. The molecule has 0 bridgehead atoms. The first-order valence-corrected chi connectivity index (χ1v) is 10.6. The quantitative estimate of drug-likeness (QED) is 0.514. The number of hydrogen-bond donors (Lipinski definition) is 1. The van der Waals surface area contributed by atoms with Gasteiger partial charge in [0.2, 0.25) is 5.90 Å². The van der Waals surface area contributed by atoms with Gasteiger partial charge in [-0.15, -0.1) is 0 Å². The highest BCUT2D eigenvalue weighted by molar-refractivity contribution is 5.94. The van der Waals surface area contributed by atoms with E-state index in [1.165, 1.54) is 6.20 Å². The summed E-state index contributed by atoms with van der Waals surface area (Å²) >= 11 is 0. The Hall–Kier alpha value is -2.47. The summed E-state index contributed by atoms with van der Waals surface area (Å²) in [5.74, 6) is 2.06. The van der Waals surface area contributed by atoms with Crippen molar-refractivity contribution in [2.45, 2.75) is 39.2 Å². The first-order chi connectivity index (χ1) is 14.2. The van der Waals surface area contributed by atoms with Crippen molar-refractivity contribution in [3.05, 3.63) is 48.8 Å². The maximum absolute atomic E-state index is 6.16. The number of hydrogen-bond acceptors (Lipinski definition) is 6. The zero-order valence-electron chi connectivity index (χ0n) is 19.2. The molecule has 30 heavy (non-hydrogen) atoms. The highest BCUT2D eigenvalue weighted by atomic mass is 16.5. The van der Waals surface area contributed by atoms with E-state index in [0.29, 0.717) is 11.8 Å². The average molecular weight is 415 g/mol. The van der Waals surface area contributed by atoms with E-state index in [9.17, 15) is 0 Å². The molecule has 1 aromatic carbocycles. The highest BCUT2D eigenvalue weighted by Gasteiger charge is 2.23. The van der Waals surface area contributed by atoms with Crippen LogP contribution < -0.4 is 15.4 Å². The van der Waals surface area contributed by atoms with Gasteiger partial charge in [0, 0.05) is 38.6 Å². The van der Waals surface area contributed by atoms with Crippen LogP contribution in [-0.4, -0.2) is 56.7 Å². The van der Waals surface area contributed by atoms with E-state index in [1.54, 1.807) is 6.20 Å². The number of nitrogens with two attached hydrogens (primary N) is 1. The lowest BCUT2D eigenvalue weighted by molar-refractivity contribution is 0.114. The number of ether oxygens (including phenoxy) is 2. The Morgan fingerprint density at radius 3 is 2.53 bits per heavy atom. The van der Waals surface area contributed by atoms with Crippen molar-refractivity contribution in [3.8, 4) is 5.75 Å². The van der Waals surface area contributed by atoms with Gasteiger partial charge in [0.05, 0.1) is 12.3 Å². The predicted octanol–water partition coefficient (Wildman–Crippen LogP) is 4.04. The fourth-order valence-corrected chi connectivity index (χ4v) is 3.40. The van der Waals surface area contributed by atoms with Crippen LogP contribution in [0.4, 0.5) is 5.69 Å². The average Bonchev–Trinajstić information content (AvgIpc) is 2.69. The van der Waals surface area contributed by atoms with Gasteiger partial charge < -0.3 is 20.1 Å². The van der Waals surface area contributed by atoms with Crippen LogP contribution >= 0.6 is 0 Å². The lowest BCUT2D eigenvalue weighted by atomic mass is 9.97. The maximum Gasteiger partial charge on any atom is 0.217 e. The Bertz CT molecular complexity index is 742. The first kappa shape index (κ1) is 23.8. The van der Waals surface area contributed by atoms with E-state index in [0.717, 1.165) is 56.1 Å². The van der Waals surface area contributed by atoms with Crippen LogP contribution in [-0.2, 0) is 4.74 Å². The molecule has 2 N–H and O–H groups in total. The van der Waals surface area contributed by atoms with E-state index < -0.39 is 0 Å². The monoisotopic (exact) mass is 414 g/mol. The summed E-state index contributed by atoms with van der Waals surface area (Å²) in [6.45, 7) is 13.7. The number of anilines is 1. The third-order valence-electron chi connectivity index (χ3n) is 4.93. The first-order valence-electron chi connectivity index (χ1n) is 10.6. The molecule has 0 aliphatic carbocycles. The molecular weight excluding hydrogens is 376 g/mol. The van der Waals surface area contributed by atoms with Gasteiger partial charge >= 0.3 is 0 Å². The van der Waals surface area contributed by atoms with Crippen molar-refractivity contribution in [3.63, 3.8) is 0 Å². The van der Waals surface area contributed by atoms with E-state index in [1.807, 2.05) is 53.1 Å². The Morgan fingerprint density at radius 2 is 1.93 bits per heavy atom. The molecule has 1 aromatic rings. The van der Waals surface area contributed by atoms with Crippen LogP contribution in [0, 0.1) is 5.92 Å². The van der Waals surface area contributed by atoms with Crippen LogP contribution in [0.25, 0.3) is 0 Å². The van der Waals surface area contributed by atoms with Gasteiger partial charge in [-0.25, -0.2) is 4.99 Å². The normalized spacial score (nSPS) is 16.6. The lowest BCUT2D eigenvalue weighted by Crippen LogP contribution is -2.38. The van der Waals surface area contributed by atoms with Crippen molar-refractivity contribution in [1.82, 2.24) is 4.90 Å². The van der Waals surface area contributed by atoms with E-state index >= 15 is 0 Å². The summed E-state index contributed by atoms with van der Waals surface area (Å²) in [4.78, 5) is 8.82. The van der Waals surface area contributed by atoms with Gasteiger partial charge in [-0.3, -0.25) is 4.90 Å². The molecule has 0 aromatic heterocycles. The molecule has 2 rings (SSSR count).